The molecular weight excluding hydrogens is 156 g/mol. The first-order chi connectivity index (χ1) is 6.19. The molecule has 1 fully saturated rings. The van der Waals surface area contributed by atoms with E-state index in [4.69, 9.17) is 0 Å². The van der Waals surface area contributed by atoms with Gasteiger partial charge in [-0.3, -0.25) is 0 Å². The van der Waals surface area contributed by atoms with E-state index >= 15 is 0 Å². The van der Waals surface area contributed by atoms with Crippen LogP contribution in [0.5, 0.6) is 0 Å². The largest absolute Gasteiger partial charge is 0.0651 e. The lowest BCUT2D eigenvalue weighted by Crippen LogP contribution is -2.31. The van der Waals surface area contributed by atoms with Crippen molar-refractivity contribution in [1.29, 1.82) is 0 Å². The highest BCUT2D eigenvalue weighted by Crippen LogP contribution is 2.43. The molecule has 0 aromatic heterocycles. The monoisotopic (exact) mass is 182 g/mol. The standard InChI is InChI=1S/C13H26/c1-5-10(3)9-11(4)13-8-7-12(13)6-2/h10-13H,5-9H2,1-4H3. The van der Waals surface area contributed by atoms with Gasteiger partial charge >= 0.3 is 0 Å². The van der Waals surface area contributed by atoms with Crippen molar-refractivity contribution in [3.8, 4) is 0 Å². The summed E-state index contributed by atoms with van der Waals surface area (Å²) in [5, 5.41) is 0. The normalized spacial score (nSPS) is 32.3. The second-order valence-corrected chi connectivity index (χ2v) is 5.14. The predicted octanol–water partition coefficient (Wildman–Crippen LogP) is 4.49. The first-order valence-electron chi connectivity index (χ1n) is 6.19. The number of hydrogen-bond donors (Lipinski definition) is 0. The molecule has 0 spiro atoms. The zero-order chi connectivity index (χ0) is 9.84. The van der Waals surface area contributed by atoms with Gasteiger partial charge in [0.15, 0.2) is 0 Å². The molecule has 0 saturated heterocycles. The fraction of sp³-hybridized carbons (Fsp3) is 1.00. The summed E-state index contributed by atoms with van der Waals surface area (Å²) >= 11 is 0. The molecule has 0 heterocycles. The summed E-state index contributed by atoms with van der Waals surface area (Å²) < 4.78 is 0. The summed E-state index contributed by atoms with van der Waals surface area (Å²) in [6.45, 7) is 9.54. The molecule has 0 radical (unpaired) electrons. The zero-order valence-corrected chi connectivity index (χ0v) is 9.84. The van der Waals surface area contributed by atoms with Gasteiger partial charge in [0.1, 0.15) is 0 Å². The lowest BCUT2D eigenvalue weighted by molar-refractivity contribution is 0.0947. The lowest BCUT2D eigenvalue weighted by atomic mass is 9.65. The lowest BCUT2D eigenvalue weighted by Gasteiger charge is -2.41. The molecule has 1 aliphatic rings. The van der Waals surface area contributed by atoms with Crippen LogP contribution in [-0.2, 0) is 0 Å². The third kappa shape index (κ3) is 2.72. The highest BCUT2D eigenvalue weighted by atomic mass is 14.4. The highest BCUT2D eigenvalue weighted by Gasteiger charge is 2.33. The maximum atomic E-state index is 2.47. The van der Waals surface area contributed by atoms with Gasteiger partial charge in [0.05, 0.1) is 0 Å². The van der Waals surface area contributed by atoms with Crippen LogP contribution in [0.25, 0.3) is 0 Å². The second kappa shape index (κ2) is 5.02. The molecule has 4 atom stereocenters. The fourth-order valence-electron chi connectivity index (χ4n) is 2.83. The molecule has 0 nitrogen and oxygen atoms in total. The van der Waals surface area contributed by atoms with E-state index in [-0.39, 0.29) is 0 Å². The van der Waals surface area contributed by atoms with Crippen LogP contribution in [0.3, 0.4) is 0 Å². The van der Waals surface area contributed by atoms with Crippen LogP contribution in [0.1, 0.15) is 59.8 Å². The SMILES string of the molecule is CCC(C)CC(C)C1CCC1CC. The second-order valence-electron chi connectivity index (χ2n) is 5.14. The summed E-state index contributed by atoms with van der Waals surface area (Å²) in [6, 6.07) is 0. The molecule has 0 aromatic carbocycles. The van der Waals surface area contributed by atoms with Crippen LogP contribution >= 0.6 is 0 Å². The van der Waals surface area contributed by atoms with Crippen LogP contribution < -0.4 is 0 Å². The summed E-state index contributed by atoms with van der Waals surface area (Å²) in [6.07, 6.45) is 7.24. The maximum Gasteiger partial charge on any atom is -0.0360 e. The van der Waals surface area contributed by atoms with E-state index in [1.54, 1.807) is 0 Å². The first-order valence-corrected chi connectivity index (χ1v) is 6.19. The molecule has 78 valence electrons. The minimum absolute atomic E-state index is 0.938. The van der Waals surface area contributed by atoms with Crippen molar-refractivity contribution in [2.75, 3.05) is 0 Å². The van der Waals surface area contributed by atoms with Crippen LogP contribution in [-0.4, -0.2) is 0 Å². The Bertz CT molecular complexity index is 137. The summed E-state index contributed by atoms with van der Waals surface area (Å²) in [5.41, 5.74) is 0. The maximum absolute atomic E-state index is 2.47. The molecule has 13 heavy (non-hydrogen) atoms. The molecule has 0 amide bonds. The number of rotatable bonds is 5. The van der Waals surface area contributed by atoms with Gasteiger partial charge in [-0.2, -0.15) is 0 Å². The topological polar surface area (TPSA) is 0 Å². The third-order valence-electron chi connectivity index (χ3n) is 4.20. The van der Waals surface area contributed by atoms with Gasteiger partial charge in [-0.1, -0.05) is 40.5 Å². The van der Waals surface area contributed by atoms with Crippen molar-refractivity contribution in [1.82, 2.24) is 0 Å². The summed E-state index contributed by atoms with van der Waals surface area (Å²) in [7, 11) is 0. The van der Waals surface area contributed by atoms with Gasteiger partial charge in [-0.15, -0.1) is 0 Å². The van der Waals surface area contributed by atoms with E-state index in [0.717, 1.165) is 23.7 Å². The average molecular weight is 182 g/mol. The van der Waals surface area contributed by atoms with E-state index in [1.165, 1.54) is 32.1 Å². The van der Waals surface area contributed by atoms with Crippen LogP contribution in [0.2, 0.25) is 0 Å². The van der Waals surface area contributed by atoms with Gasteiger partial charge in [-0.25, -0.2) is 0 Å². The Morgan fingerprint density at radius 3 is 2.23 bits per heavy atom. The number of hydrogen-bond acceptors (Lipinski definition) is 0. The van der Waals surface area contributed by atoms with Crippen molar-refractivity contribution in [3.05, 3.63) is 0 Å². The van der Waals surface area contributed by atoms with Gasteiger partial charge in [0.2, 0.25) is 0 Å². The Kier molecular flexibility index (Phi) is 4.28. The van der Waals surface area contributed by atoms with Crippen molar-refractivity contribution in [2.45, 2.75) is 59.8 Å². The smallest absolute Gasteiger partial charge is 0.0360 e. The molecule has 4 unspecified atom stereocenters. The van der Waals surface area contributed by atoms with E-state index in [1.807, 2.05) is 0 Å². The molecule has 1 aliphatic carbocycles. The molecule has 0 aliphatic heterocycles. The predicted molar refractivity (Wildman–Crippen MR) is 59.7 cm³/mol. The molecule has 0 heteroatoms. The van der Waals surface area contributed by atoms with Crippen LogP contribution in [0.4, 0.5) is 0 Å². The van der Waals surface area contributed by atoms with Crippen molar-refractivity contribution in [2.24, 2.45) is 23.7 Å². The van der Waals surface area contributed by atoms with Gasteiger partial charge in [0, 0.05) is 0 Å². The Morgan fingerprint density at radius 2 is 1.85 bits per heavy atom. The zero-order valence-electron chi connectivity index (χ0n) is 9.84. The third-order valence-corrected chi connectivity index (χ3v) is 4.20. The minimum Gasteiger partial charge on any atom is -0.0651 e. The van der Waals surface area contributed by atoms with Gasteiger partial charge in [-0.05, 0) is 42.9 Å². The Hall–Kier alpha value is 0. The summed E-state index contributed by atoms with van der Waals surface area (Å²) in [5.74, 6) is 4.06. The average Bonchev–Trinajstić information content (AvgIpc) is 2.02. The quantitative estimate of drug-likeness (QED) is 0.587. The molecule has 0 N–H and O–H groups in total. The molecule has 0 bridgehead atoms. The fourth-order valence-corrected chi connectivity index (χ4v) is 2.83. The molecule has 1 saturated carbocycles. The van der Waals surface area contributed by atoms with Crippen molar-refractivity contribution in [3.63, 3.8) is 0 Å². The molecule has 0 aromatic rings. The van der Waals surface area contributed by atoms with Gasteiger partial charge in [0.25, 0.3) is 0 Å². The van der Waals surface area contributed by atoms with E-state index in [0.29, 0.717) is 0 Å². The minimum atomic E-state index is 0.938. The first kappa shape index (κ1) is 11.1. The van der Waals surface area contributed by atoms with E-state index < -0.39 is 0 Å². The van der Waals surface area contributed by atoms with Crippen LogP contribution in [0.15, 0.2) is 0 Å². The van der Waals surface area contributed by atoms with Crippen LogP contribution in [0, 0.1) is 23.7 Å². The molecule has 1 rings (SSSR count). The molecular formula is C13H26. The van der Waals surface area contributed by atoms with Gasteiger partial charge < -0.3 is 0 Å². The Labute approximate surface area is 84.1 Å². The van der Waals surface area contributed by atoms with Crippen molar-refractivity contribution >= 4 is 0 Å². The van der Waals surface area contributed by atoms with E-state index in [9.17, 15) is 0 Å². The Morgan fingerprint density at radius 1 is 1.15 bits per heavy atom. The van der Waals surface area contributed by atoms with Crippen molar-refractivity contribution < 1.29 is 0 Å². The van der Waals surface area contributed by atoms with E-state index in [2.05, 4.69) is 27.7 Å². The highest BCUT2D eigenvalue weighted by molar-refractivity contribution is 4.83. The Balaban J connectivity index is 2.26. The summed E-state index contributed by atoms with van der Waals surface area (Å²) in [4.78, 5) is 0.